The SMILES string of the molecule is CCCCn1c(-c2ccccc2)c(C)cc(C(=O)N(C)[C@H](C)c2ccccc2)c1=O. The van der Waals surface area contributed by atoms with Gasteiger partial charge in [-0.1, -0.05) is 74.0 Å². The third-order valence-corrected chi connectivity index (χ3v) is 5.68. The largest absolute Gasteiger partial charge is 0.335 e. The van der Waals surface area contributed by atoms with Gasteiger partial charge in [-0.05, 0) is 43.0 Å². The summed E-state index contributed by atoms with van der Waals surface area (Å²) >= 11 is 0. The molecule has 0 fully saturated rings. The minimum absolute atomic E-state index is 0.128. The van der Waals surface area contributed by atoms with Gasteiger partial charge in [-0.25, -0.2) is 0 Å². The van der Waals surface area contributed by atoms with E-state index in [1.54, 1.807) is 22.6 Å². The first-order valence-corrected chi connectivity index (χ1v) is 10.6. The number of carbonyl (C=O) groups excluding carboxylic acids is 1. The molecule has 1 atom stereocenters. The maximum absolute atomic E-state index is 13.4. The second-order valence-corrected chi connectivity index (χ2v) is 7.77. The first-order valence-electron chi connectivity index (χ1n) is 10.6. The molecule has 0 saturated heterocycles. The smallest absolute Gasteiger partial charge is 0.263 e. The van der Waals surface area contributed by atoms with Gasteiger partial charge in [0, 0.05) is 13.6 Å². The highest BCUT2D eigenvalue weighted by Crippen LogP contribution is 2.25. The molecule has 3 rings (SSSR count). The average Bonchev–Trinajstić information content (AvgIpc) is 2.78. The van der Waals surface area contributed by atoms with Gasteiger partial charge in [0.2, 0.25) is 0 Å². The predicted octanol–water partition coefficient (Wildman–Crippen LogP) is 5.46. The van der Waals surface area contributed by atoms with Gasteiger partial charge < -0.3 is 9.47 Å². The number of nitrogens with zero attached hydrogens (tertiary/aromatic N) is 2. The number of unbranched alkanes of at least 4 members (excludes halogenated alkanes) is 1. The molecule has 0 aliphatic heterocycles. The van der Waals surface area contributed by atoms with Gasteiger partial charge in [-0.15, -0.1) is 0 Å². The summed E-state index contributed by atoms with van der Waals surface area (Å²) in [6.45, 7) is 6.65. The summed E-state index contributed by atoms with van der Waals surface area (Å²) in [7, 11) is 1.76. The number of amides is 1. The first kappa shape index (κ1) is 21.6. The third-order valence-electron chi connectivity index (χ3n) is 5.68. The lowest BCUT2D eigenvalue weighted by atomic mass is 10.0. The topological polar surface area (TPSA) is 42.3 Å². The molecule has 0 saturated carbocycles. The molecule has 0 aliphatic carbocycles. The van der Waals surface area contributed by atoms with Gasteiger partial charge in [-0.2, -0.15) is 0 Å². The zero-order valence-electron chi connectivity index (χ0n) is 18.3. The molecule has 4 nitrogen and oxygen atoms in total. The maximum Gasteiger partial charge on any atom is 0.263 e. The summed E-state index contributed by atoms with van der Waals surface area (Å²) in [6, 6.07) is 21.4. The lowest BCUT2D eigenvalue weighted by molar-refractivity contribution is 0.0740. The third kappa shape index (κ3) is 4.38. The maximum atomic E-state index is 13.4. The monoisotopic (exact) mass is 402 g/mol. The highest BCUT2D eigenvalue weighted by Gasteiger charge is 2.24. The van der Waals surface area contributed by atoms with Crippen LogP contribution >= 0.6 is 0 Å². The van der Waals surface area contributed by atoms with E-state index in [9.17, 15) is 9.59 Å². The van der Waals surface area contributed by atoms with Crippen molar-refractivity contribution >= 4 is 5.91 Å². The Labute approximate surface area is 178 Å². The fraction of sp³-hybridized carbons (Fsp3) is 0.308. The molecule has 30 heavy (non-hydrogen) atoms. The van der Waals surface area contributed by atoms with E-state index < -0.39 is 0 Å². The molecule has 0 unspecified atom stereocenters. The van der Waals surface area contributed by atoms with Gasteiger partial charge in [0.25, 0.3) is 11.5 Å². The Morgan fingerprint density at radius 1 is 1.03 bits per heavy atom. The number of pyridine rings is 1. The highest BCUT2D eigenvalue weighted by molar-refractivity contribution is 5.94. The quantitative estimate of drug-likeness (QED) is 0.527. The average molecular weight is 403 g/mol. The number of hydrogen-bond acceptors (Lipinski definition) is 2. The van der Waals surface area contributed by atoms with Crippen LogP contribution in [0.4, 0.5) is 0 Å². The summed E-state index contributed by atoms with van der Waals surface area (Å²) in [5.41, 5.74) is 3.87. The van der Waals surface area contributed by atoms with Gasteiger partial charge in [0.1, 0.15) is 5.56 Å². The Bertz CT molecular complexity index is 1060. The van der Waals surface area contributed by atoms with Crippen LogP contribution in [0.1, 0.15) is 54.2 Å². The molecule has 3 aromatic rings. The number of carbonyl (C=O) groups is 1. The Morgan fingerprint density at radius 3 is 2.23 bits per heavy atom. The second kappa shape index (κ2) is 9.57. The van der Waals surface area contributed by atoms with Crippen molar-refractivity contribution in [3.63, 3.8) is 0 Å². The van der Waals surface area contributed by atoms with Crippen LogP contribution in [-0.4, -0.2) is 22.4 Å². The van der Waals surface area contributed by atoms with Crippen molar-refractivity contribution in [3.05, 3.63) is 93.8 Å². The molecule has 0 radical (unpaired) electrons. The van der Waals surface area contributed by atoms with Crippen molar-refractivity contribution in [2.75, 3.05) is 7.05 Å². The highest BCUT2D eigenvalue weighted by atomic mass is 16.2. The van der Waals surface area contributed by atoms with Crippen LogP contribution in [0.2, 0.25) is 0 Å². The van der Waals surface area contributed by atoms with E-state index in [0.717, 1.165) is 35.2 Å². The molecular weight excluding hydrogens is 372 g/mol. The van der Waals surface area contributed by atoms with Crippen molar-refractivity contribution in [3.8, 4) is 11.3 Å². The molecule has 1 aromatic heterocycles. The van der Waals surface area contributed by atoms with E-state index in [2.05, 4.69) is 6.92 Å². The molecule has 0 spiro atoms. The van der Waals surface area contributed by atoms with E-state index in [1.165, 1.54) is 0 Å². The van der Waals surface area contributed by atoms with E-state index >= 15 is 0 Å². The van der Waals surface area contributed by atoms with E-state index in [1.807, 2.05) is 74.5 Å². The molecule has 0 N–H and O–H groups in total. The molecule has 0 aliphatic rings. The molecular formula is C26H30N2O2. The van der Waals surface area contributed by atoms with E-state index in [-0.39, 0.29) is 23.1 Å². The van der Waals surface area contributed by atoms with Crippen molar-refractivity contribution in [1.82, 2.24) is 9.47 Å². The number of rotatable bonds is 7. The van der Waals surface area contributed by atoms with Crippen molar-refractivity contribution in [2.24, 2.45) is 0 Å². The van der Waals surface area contributed by atoms with E-state index in [0.29, 0.717) is 6.54 Å². The zero-order chi connectivity index (χ0) is 21.7. The number of benzene rings is 2. The molecule has 4 heteroatoms. The second-order valence-electron chi connectivity index (χ2n) is 7.77. The fourth-order valence-corrected chi connectivity index (χ4v) is 3.79. The minimum atomic E-state index is -0.246. The molecule has 156 valence electrons. The summed E-state index contributed by atoms with van der Waals surface area (Å²) in [4.78, 5) is 28.4. The van der Waals surface area contributed by atoms with Crippen molar-refractivity contribution < 1.29 is 4.79 Å². The standard InChI is InChI=1S/C26H30N2O2/c1-5-6-17-28-24(22-15-11-8-12-16-22)19(2)18-23(26(28)30)25(29)27(4)20(3)21-13-9-7-10-14-21/h7-16,18,20H,5-6,17H2,1-4H3/t20-/m1/s1. The van der Waals surface area contributed by atoms with Crippen LogP contribution in [0, 0.1) is 6.92 Å². The molecule has 1 amide bonds. The van der Waals surface area contributed by atoms with Gasteiger partial charge >= 0.3 is 0 Å². The zero-order valence-corrected chi connectivity index (χ0v) is 18.3. The van der Waals surface area contributed by atoms with Crippen LogP contribution in [0.3, 0.4) is 0 Å². The van der Waals surface area contributed by atoms with Crippen LogP contribution in [0.15, 0.2) is 71.5 Å². The minimum Gasteiger partial charge on any atom is -0.335 e. The Balaban J connectivity index is 2.06. The Hall–Kier alpha value is -3.14. The summed E-state index contributed by atoms with van der Waals surface area (Å²) < 4.78 is 1.78. The molecule has 0 bridgehead atoms. The summed E-state index contributed by atoms with van der Waals surface area (Å²) in [6.07, 6.45) is 1.86. The lowest BCUT2D eigenvalue weighted by Crippen LogP contribution is -2.36. The molecule has 2 aromatic carbocycles. The van der Waals surface area contributed by atoms with Crippen LogP contribution in [-0.2, 0) is 6.54 Å². The predicted molar refractivity (Wildman–Crippen MR) is 123 cm³/mol. The van der Waals surface area contributed by atoms with Crippen LogP contribution in [0.5, 0.6) is 0 Å². The Morgan fingerprint density at radius 2 is 1.63 bits per heavy atom. The molecule has 1 heterocycles. The Kier molecular flexibility index (Phi) is 6.88. The van der Waals surface area contributed by atoms with Gasteiger partial charge in [-0.3, -0.25) is 9.59 Å². The number of aromatic nitrogens is 1. The van der Waals surface area contributed by atoms with Crippen molar-refractivity contribution in [2.45, 2.75) is 46.2 Å². The van der Waals surface area contributed by atoms with Gasteiger partial charge in [0.15, 0.2) is 0 Å². The number of aryl methyl sites for hydroxylation is 1. The first-order chi connectivity index (χ1) is 14.5. The summed E-state index contributed by atoms with van der Waals surface area (Å²) in [5.74, 6) is -0.246. The van der Waals surface area contributed by atoms with Gasteiger partial charge in [0.05, 0.1) is 11.7 Å². The van der Waals surface area contributed by atoms with Crippen LogP contribution < -0.4 is 5.56 Å². The fourth-order valence-electron chi connectivity index (χ4n) is 3.79. The van der Waals surface area contributed by atoms with Crippen molar-refractivity contribution in [1.29, 1.82) is 0 Å². The lowest BCUT2D eigenvalue weighted by Gasteiger charge is -2.26. The van der Waals surface area contributed by atoms with Crippen LogP contribution in [0.25, 0.3) is 11.3 Å². The summed E-state index contributed by atoms with van der Waals surface area (Å²) in [5, 5.41) is 0. The normalized spacial score (nSPS) is 11.9. The van der Waals surface area contributed by atoms with E-state index in [4.69, 9.17) is 0 Å². The number of hydrogen-bond donors (Lipinski definition) is 0.